The fourth-order valence-electron chi connectivity index (χ4n) is 1.60. The predicted octanol–water partition coefficient (Wildman–Crippen LogP) is 1.78. The number of aliphatic hydroxyl groups is 1. The summed E-state index contributed by atoms with van der Waals surface area (Å²) in [6.45, 7) is 2.09. The molecule has 7 heteroatoms. The van der Waals surface area contributed by atoms with Crippen LogP contribution >= 0.6 is 0 Å². The number of hydrogen-bond acceptors (Lipinski definition) is 3. The molecule has 0 aliphatic heterocycles. The van der Waals surface area contributed by atoms with Crippen LogP contribution in [0, 0.1) is 0 Å². The van der Waals surface area contributed by atoms with Crippen LogP contribution in [0.4, 0.5) is 13.2 Å². The lowest BCUT2D eigenvalue weighted by Crippen LogP contribution is -2.43. The molecule has 1 aromatic rings. The summed E-state index contributed by atoms with van der Waals surface area (Å²) in [4.78, 5) is 0. The van der Waals surface area contributed by atoms with Crippen LogP contribution in [0.5, 0.6) is 0 Å². The molecule has 0 amide bonds. The van der Waals surface area contributed by atoms with E-state index in [2.05, 4.69) is 5.10 Å². The topological polar surface area (TPSA) is 64.1 Å². The monoisotopic (exact) mass is 265 g/mol. The molecule has 0 spiro atoms. The van der Waals surface area contributed by atoms with E-state index in [0.29, 0.717) is 25.8 Å². The van der Waals surface area contributed by atoms with Crippen molar-refractivity contribution >= 4 is 0 Å². The van der Waals surface area contributed by atoms with Gasteiger partial charge in [0.2, 0.25) is 0 Å². The number of aromatic nitrogens is 2. The quantitative estimate of drug-likeness (QED) is 0.824. The van der Waals surface area contributed by atoms with Gasteiger partial charge in [-0.05, 0) is 25.3 Å². The fraction of sp³-hybridized carbons (Fsp3) is 0.727. The third-order valence-electron chi connectivity index (χ3n) is 3.01. The van der Waals surface area contributed by atoms with E-state index in [1.165, 1.54) is 10.9 Å². The lowest BCUT2D eigenvalue weighted by atomic mass is 9.93. The Morgan fingerprint density at radius 2 is 2.11 bits per heavy atom. The van der Waals surface area contributed by atoms with Crippen LogP contribution < -0.4 is 5.73 Å². The van der Waals surface area contributed by atoms with Gasteiger partial charge in [0.05, 0.1) is 6.61 Å². The zero-order valence-corrected chi connectivity index (χ0v) is 10.2. The Kier molecular flexibility index (Phi) is 4.75. The summed E-state index contributed by atoms with van der Waals surface area (Å²) in [6.07, 6.45) is -1.37. The molecule has 104 valence electrons. The molecule has 0 radical (unpaired) electrons. The highest BCUT2D eigenvalue weighted by Gasteiger charge is 2.33. The lowest BCUT2D eigenvalue weighted by Gasteiger charge is -2.25. The van der Waals surface area contributed by atoms with Gasteiger partial charge in [0.15, 0.2) is 5.69 Å². The van der Waals surface area contributed by atoms with E-state index in [1.54, 1.807) is 0 Å². The smallest absolute Gasteiger partial charge is 0.394 e. The summed E-state index contributed by atoms with van der Waals surface area (Å²) in [5.41, 5.74) is 4.33. The first kappa shape index (κ1) is 15.0. The summed E-state index contributed by atoms with van der Waals surface area (Å²) < 4.78 is 38.1. The van der Waals surface area contributed by atoms with E-state index >= 15 is 0 Å². The maximum absolute atomic E-state index is 12.3. The number of aliphatic hydroxyl groups excluding tert-OH is 1. The molecule has 1 rings (SSSR count). The van der Waals surface area contributed by atoms with Gasteiger partial charge in [-0.1, -0.05) is 6.92 Å². The Labute approximate surface area is 104 Å². The van der Waals surface area contributed by atoms with Crippen LogP contribution in [0.2, 0.25) is 0 Å². The first-order valence-electron chi connectivity index (χ1n) is 5.81. The Balaban J connectivity index is 2.48. The molecule has 1 aromatic heterocycles. The fourth-order valence-corrected chi connectivity index (χ4v) is 1.60. The van der Waals surface area contributed by atoms with E-state index in [-0.39, 0.29) is 6.61 Å². The summed E-state index contributed by atoms with van der Waals surface area (Å²) >= 11 is 0. The highest BCUT2D eigenvalue weighted by molar-refractivity contribution is 5.03. The van der Waals surface area contributed by atoms with Gasteiger partial charge in [0.25, 0.3) is 0 Å². The van der Waals surface area contributed by atoms with E-state index in [4.69, 9.17) is 10.8 Å². The molecule has 1 heterocycles. The number of alkyl halides is 3. The molecule has 1 unspecified atom stereocenters. The van der Waals surface area contributed by atoms with E-state index in [0.717, 1.165) is 6.07 Å². The van der Waals surface area contributed by atoms with Crippen LogP contribution in [-0.2, 0) is 12.7 Å². The predicted molar refractivity (Wildman–Crippen MR) is 60.8 cm³/mol. The average molecular weight is 265 g/mol. The van der Waals surface area contributed by atoms with Crippen LogP contribution in [0.15, 0.2) is 12.3 Å². The van der Waals surface area contributed by atoms with Crippen LogP contribution in [-0.4, -0.2) is 27.0 Å². The second kappa shape index (κ2) is 5.71. The van der Waals surface area contributed by atoms with Gasteiger partial charge < -0.3 is 10.8 Å². The van der Waals surface area contributed by atoms with Crippen molar-refractivity contribution in [2.75, 3.05) is 6.61 Å². The number of nitrogens with two attached hydrogens (primary N) is 1. The molecule has 0 saturated heterocycles. The normalized spacial score (nSPS) is 15.7. The zero-order chi connectivity index (χ0) is 13.8. The van der Waals surface area contributed by atoms with Crippen molar-refractivity contribution < 1.29 is 18.3 Å². The van der Waals surface area contributed by atoms with Crippen molar-refractivity contribution in [3.63, 3.8) is 0 Å². The van der Waals surface area contributed by atoms with Gasteiger partial charge in [0, 0.05) is 18.3 Å². The SMILES string of the molecule is CCC(N)(CO)CCCn1ccc(C(F)(F)F)n1. The summed E-state index contributed by atoms with van der Waals surface area (Å²) in [5.74, 6) is 0. The minimum absolute atomic E-state index is 0.129. The third kappa shape index (κ3) is 3.99. The largest absolute Gasteiger partial charge is 0.435 e. The minimum Gasteiger partial charge on any atom is -0.394 e. The standard InChI is InChI=1S/C11H18F3N3O/c1-2-10(15,8-18)5-3-6-17-7-4-9(16-17)11(12,13)14/h4,7,18H,2-3,5-6,8,15H2,1H3. The van der Waals surface area contributed by atoms with Gasteiger partial charge in [-0.15, -0.1) is 0 Å². The van der Waals surface area contributed by atoms with E-state index in [9.17, 15) is 13.2 Å². The maximum Gasteiger partial charge on any atom is 0.435 e. The summed E-state index contributed by atoms with van der Waals surface area (Å²) in [5, 5.41) is 12.5. The van der Waals surface area contributed by atoms with Crippen LogP contribution in [0.1, 0.15) is 31.9 Å². The molecular formula is C11H18F3N3O. The van der Waals surface area contributed by atoms with E-state index < -0.39 is 17.4 Å². The molecule has 0 fully saturated rings. The van der Waals surface area contributed by atoms with Crippen molar-refractivity contribution in [1.82, 2.24) is 9.78 Å². The second-order valence-electron chi connectivity index (χ2n) is 4.44. The van der Waals surface area contributed by atoms with Crippen molar-refractivity contribution in [1.29, 1.82) is 0 Å². The average Bonchev–Trinajstić information content (AvgIpc) is 2.77. The van der Waals surface area contributed by atoms with E-state index in [1.807, 2.05) is 6.92 Å². The zero-order valence-electron chi connectivity index (χ0n) is 10.2. The molecule has 0 aromatic carbocycles. The lowest BCUT2D eigenvalue weighted by molar-refractivity contribution is -0.141. The molecule has 0 saturated carbocycles. The molecule has 0 aliphatic carbocycles. The van der Waals surface area contributed by atoms with Gasteiger partial charge in [-0.2, -0.15) is 18.3 Å². The minimum atomic E-state index is -4.41. The molecule has 0 bridgehead atoms. The van der Waals surface area contributed by atoms with Crippen molar-refractivity contribution in [3.8, 4) is 0 Å². The van der Waals surface area contributed by atoms with Gasteiger partial charge in [-0.25, -0.2) is 0 Å². The van der Waals surface area contributed by atoms with Gasteiger partial charge in [-0.3, -0.25) is 4.68 Å². The Hall–Kier alpha value is -1.08. The first-order valence-corrected chi connectivity index (χ1v) is 5.81. The van der Waals surface area contributed by atoms with Crippen molar-refractivity contribution in [3.05, 3.63) is 18.0 Å². The number of aryl methyl sites for hydroxylation is 1. The van der Waals surface area contributed by atoms with Crippen LogP contribution in [0.25, 0.3) is 0 Å². The highest BCUT2D eigenvalue weighted by atomic mass is 19.4. The van der Waals surface area contributed by atoms with Gasteiger partial charge in [0.1, 0.15) is 0 Å². The molecular weight excluding hydrogens is 247 g/mol. The Morgan fingerprint density at radius 1 is 1.44 bits per heavy atom. The molecule has 4 nitrogen and oxygen atoms in total. The molecule has 18 heavy (non-hydrogen) atoms. The Morgan fingerprint density at radius 3 is 2.56 bits per heavy atom. The number of rotatable bonds is 6. The number of nitrogens with zero attached hydrogens (tertiary/aromatic N) is 2. The number of halogens is 3. The number of hydrogen-bond donors (Lipinski definition) is 2. The van der Waals surface area contributed by atoms with Crippen molar-refractivity contribution in [2.45, 2.75) is 44.4 Å². The molecule has 0 aliphatic rings. The first-order chi connectivity index (χ1) is 8.30. The summed E-state index contributed by atoms with van der Waals surface area (Å²) in [7, 11) is 0. The summed E-state index contributed by atoms with van der Waals surface area (Å²) in [6, 6.07) is 0.946. The highest BCUT2D eigenvalue weighted by Crippen LogP contribution is 2.27. The Bertz CT molecular complexity index is 372. The second-order valence-corrected chi connectivity index (χ2v) is 4.44. The van der Waals surface area contributed by atoms with Crippen LogP contribution in [0.3, 0.4) is 0 Å². The molecule has 3 N–H and O–H groups in total. The maximum atomic E-state index is 12.3. The molecule has 1 atom stereocenters. The van der Waals surface area contributed by atoms with Crippen molar-refractivity contribution in [2.24, 2.45) is 5.73 Å². The van der Waals surface area contributed by atoms with Gasteiger partial charge >= 0.3 is 6.18 Å². The third-order valence-corrected chi connectivity index (χ3v) is 3.01.